The predicted molar refractivity (Wildman–Crippen MR) is 59.7 cm³/mol. The van der Waals surface area contributed by atoms with Crippen LogP contribution in [0.15, 0.2) is 0 Å². The van der Waals surface area contributed by atoms with Crippen molar-refractivity contribution in [2.45, 2.75) is 51.9 Å². The van der Waals surface area contributed by atoms with Gasteiger partial charge in [0, 0.05) is 6.66 Å². The minimum absolute atomic E-state index is 0.415. The SMILES string of the molecule is CCCCCCCCCOP(C)(=O)O. The molecule has 86 valence electrons. The van der Waals surface area contributed by atoms with Crippen LogP contribution in [0.3, 0.4) is 0 Å². The van der Waals surface area contributed by atoms with Crippen LogP contribution in [-0.4, -0.2) is 18.2 Å². The lowest BCUT2D eigenvalue weighted by Gasteiger charge is -2.06. The molecule has 0 heterocycles. The smallest absolute Gasteiger partial charge is 0.324 e. The molecular formula is C10H23O3P. The Bertz CT molecular complexity index is 165. The molecule has 0 rings (SSSR count). The molecule has 0 aliphatic heterocycles. The van der Waals surface area contributed by atoms with Crippen LogP contribution in [0.1, 0.15) is 51.9 Å². The van der Waals surface area contributed by atoms with Crippen LogP contribution >= 0.6 is 7.60 Å². The van der Waals surface area contributed by atoms with E-state index in [-0.39, 0.29) is 0 Å². The van der Waals surface area contributed by atoms with Crippen LogP contribution < -0.4 is 0 Å². The van der Waals surface area contributed by atoms with Crippen molar-refractivity contribution in [2.75, 3.05) is 13.3 Å². The summed E-state index contributed by atoms with van der Waals surface area (Å²) in [5, 5.41) is 0. The van der Waals surface area contributed by atoms with Gasteiger partial charge in [0.2, 0.25) is 0 Å². The average molecular weight is 222 g/mol. The molecule has 0 radical (unpaired) electrons. The van der Waals surface area contributed by atoms with Crippen molar-refractivity contribution in [2.24, 2.45) is 0 Å². The Morgan fingerprint density at radius 3 is 2.07 bits per heavy atom. The van der Waals surface area contributed by atoms with Gasteiger partial charge in [-0.1, -0.05) is 45.4 Å². The summed E-state index contributed by atoms with van der Waals surface area (Å²) in [6, 6.07) is 0. The Kier molecular flexibility index (Phi) is 8.55. The van der Waals surface area contributed by atoms with Crippen LogP contribution in [0.4, 0.5) is 0 Å². The summed E-state index contributed by atoms with van der Waals surface area (Å²) in [5.41, 5.74) is 0. The molecule has 0 fully saturated rings. The van der Waals surface area contributed by atoms with Crippen molar-refractivity contribution in [1.82, 2.24) is 0 Å². The normalized spacial score (nSPS) is 15.4. The number of unbranched alkanes of at least 4 members (excludes halogenated alkanes) is 6. The number of hydrogen-bond acceptors (Lipinski definition) is 2. The minimum atomic E-state index is -3.23. The third-order valence-corrected chi connectivity index (χ3v) is 2.74. The van der Waals surface area contributed by atoms with Crippen LogP contribution in [-0.2, 0) is 9.09 Å². The standard InChI is InChI=1S/C10H23O3P/c1-3-4-5-6-7-8-9-10-13-14(2,11)12/h3-10H2,1-2H3,(H,11,12). The fourth-order valence-corrected chi connectivity index (χ4v) is 1.76. The third kappa shape index (κ3) is 12.2. The Hall–Kier alpha value is 0.150. The van der Waals surface area contributed by atoms with Crippen molar-refractivity contribution in [3.05, 3.63) is 0 Å². The van der Waals surface area contributed by atoms with E-state index in [4.69, 9.17) is 9.42 Å². The van der Waals surface area contributed by atoms with Crippen LogP contribution in [0.5, 0.6) is 0 Å². The highest BCUT2D eigenvalue weighted by Crippen LogP contribution is 2.36. The third-order valence-electron chi connectivity index (χ3n) is 2.08. The lowest BCUT2D eigenvalue weighted by atomic mass is 10.1. The van der Waals surface area contributed by atoms with E-state index in [0.29, 0.717) is 6.61 Å². The highest BCUT2D eigenvalue weighted by atomic mass is 31.2. The topological polar surface area (TPSA) is 46.5 Å². The summed E-state index contributed by atoms with van der Waals surface area (Å²) in [5.74, 6) is 0. The van der Waals surface area contributed by atoms with Crippen molar-refractivity contribution >= 4 is 7.60 Å². The maximum absolute atomic E-state index is 10.7. The van der Waals surface area contributed by atoms with Crippen LogP contribution in [0, 0.1) is 0 Å². The van der Waals surface area contributed by atoms with Crippen molar-refractivity contribution in [3.63, 3.8) is 0 Å². The Balaban J connectivity index is 3.03. The summed E-state index contributed by atoms with van der Waals surface area (Å²) in [6.07, 6.45) is 8.38. The molecule has 0 aromatic heterocycles. The first-order valence-electron chi connectivity index (χ1n) is 5.51. The van der Waals surface area contributed by atoms with E-state index in [9.17, 15) is 4.57 Å². The zero-order valence-corrected chi connectivity index (χ0v) is 10.3. The van der Waals surface area contributed by atoms with E-state index < -0.39 is 7.60 Å². The first-order valence-corrected chi connectivity index (χ1v) is 7.53. The largest absolute Gasteiger partial charge is 0.325 e. The van der Waals surface area contributed by atoms with Gasteiger partial charge in [-0.2, -0.15) is 0 Å². The molecular weight excluding hydrogens is 199 g/mol. The summed E-state index contributed by atoms with van der Waals surface area (Å²) >= 11 is 0. The highest BCUT2D eigenvalue weighted by molar-refractivity contribution is 7.51. The summed E-state index contributed by atoms with van der Waals surface area (Å²) in [7, 11) is -3.23. The molecule has 0 bridgehead atoms. The summed E-state index contributed by atoms with van der Waals surface area (Å²) in [6.45, 7) is 3.85. The maximum atomic E-state index is 10.7. The fourth-order valence-electron chi connectivity index (χ4n) is 1.29. The molecule has 14 heavy (non-hydrogen) atoms. The molecule has 1 N–H and O–H groups in total. The molecule has 0 saturated heterocycles. The van der Waals surface area contributed by atoms with Crippen molar-refractivity contribution in [1.29, 1.82) is 0 Å². The van der Waals surface area contributed by atoms with Gasteiger partial charge >= 0.3 is 7.60 Å². The first-order chi connectivity index (χ1) is 6.56. The molecule has 3 nitrogen and oxygen atoms in total. The Labute approximate surface area is 87.4 Å². The second-order valence-corrected chi connectivity index (χ2v) is 5.62. The zero-order chi connectivity index (χ0) is 10.9. The fraction of sp³-hybridized carbons (Fsp3) is 1.00. The van der Waals surface area contributed by atoms with E-state index in [2.05, 4.69) is 6.92 Å². The lowest BCUT2D eigenvalue weighted by Crippen LogP contribution is -1.91. The van der Waals surface area contributed by atoms with Gasteiger partial charge in [-0.05, 0) is 6.42 Å². The predicted octanol–water partition coefficient (Wildman–Crippen LogP) is 3.57. The van der Waals surface area contributed by atoms with Gasteiger partial charge in [0.05, 0.1) is 6.61 Å². The van der Waals surface area contributed by atoms with Gasteiger partial charge in [-0.25, -0.2) is 0 Å². The minimum Gasteiger partial charge on any atom is -0.324 e. The molecule has 1 atom stereocenters. The van der Waals surface area contributed by atoms with E-state index >= 15 is 0 Å². The second kappa shape index (κ2) is 8.46. The molecule has 0 aliphatic carbocycles. The maximum Gasteiger partial charge on any atom is 0.325 e. The molecule has 1 unspecified atom stereocenters. The molecule has 0 amide bonds. The van der Waals surface area contributed by atoms with E-state index in [1.165, 1.54) is 38.8 Å². The molecule has 0 aliphatic rings. The van der Waals surface area contributed by atoms with Gasteiger partial charge in [0.25, 0.3) is 0 Å². The molecule has 0 aromatic carbocycles. The van der Waals surface area contributed by atoms with Gasteiger partial charge in [0.15, 0.2) is 0 Å². The quantitative estimate of drug-likeness (QED) is 0.479. The monoisotopic (exact) mass is 222 g/mol. The zero-order valence-electron chi connectivity index (χ0n) is 9.37. The van der Waals surface area contributed by atoms with Crippen molar-refractivity contribution in [3.8, 4) is 0 Å². The molecule has 0 saturated carbocycles. The van der Waals surface area contributed by atoms with Gasteiger partial charge in [-0.15, -0.1) is 0 Å². The Morgan fingerprint density at radius 1 is 1.07 bits per heavy atom. The van der Waals surface area contributed by atoms with Gasteiger partial charge in [-0.3, -0.25) is 4.57 Å². The Morgan fingerprint density at radius 2 is 1.57 bits per heavy atom. The number of rotatable bonds is 9. The number of hydrogen-bond donors (Lipinski definition) is 1. The van der Waals surface area contributed by atoms with E-state index in [0.717, 1.165) is 12.8 Å². The van der Waals surface area contributed by atoms with Gasteiger partial charge < -0.3 is 9.42 Å². The van der Waals surface area contributed by atoms with Crippen LogP contribution in [0.2, 0.25) is 0 Å². The van der Waals surface area contributed by atoms with Crippen molar-refractivity contribution < 1.29 is 14.0 Å². The van der Waals surface area contributed by atoms with E-state index in [1.54, 1.807) is 0 Å². The highest BCUT2D eigenvalue weighted by Gasteiger charge is 2.08. The molecule has 0 spiro atoms. The van der Waals surface area contributed by atoms with E-state index in [1.807, 2.05) is 0 Å². The molecule has 0 aromatic rings. The average Bonchev–Trinajstić information content (AvgIpc) is 2.08. The molecule has 4 heteroatoms. The van der Waals surface area contributed by atoms with Gasteiger partial charge in [0.1, 0.15) is 0 Å². The first kappa shape index (κ1) is 14.2. The van der Waals surface area contributed by atoms with Crippen LogP contribution in [0.25, 0.3) is 0 Å². The second-order valence-electron chi connectivity index (χ2n) is 3.76. The lowest BCUT2D eigenvalue weighted by molar-refractivity contribution is 0.257. The summed E-state index contributed by atoms with van der Waals surface area (Å²) in [4.78, 5) is 8.82. The summed E-state index contributed by atoms with van der Waals surface area (Å²) < 4.78 is 15.5.